The third-order valence-corrected chi connectivity index (χ3v) is 3.02. The van der Waals surface area contributed by atoms with E-state index in [9.17, 15) is 0 Å². The Bertz CT molecular complexity index is 374. The van der Waals surface area contributed by atoms with Gasteiger partial charge in [-0.15, -0.1) is 0 Å². The van der Waals surface area contributed by atoms with Crippen LogP contribution in [0.15, 0.2) is 54.6 Å². The van der Waals surface area contributed by atoms with E-state index in [-0.39, 0.29) is 0 Å². The average molecular weight is 198 g/mol. The highest BCUT2D eigenvalue weighted by Crippen LogP contribution is 2.24. The molecule has 2 aliphatic rings. The van der Waals surface area contributed by atoms with Crippen LogP contribution in [0.5, 0.6) is 0 Å². The van der Waals surface area contributed by atoms with E-state index in [1.807, 2.05) is 6.07 Å². The molecule has 2 unspecified atom stereocenters. The van der Waals surface area contributed by atoms with E-state index < -0.39 is 0 Å². The van der Waals surface area contributed by atoms with Crippen LogP contribution in [0.1, 0.15) is 0 Å². The van der Waals surface area contributed by atoms with Crippen LogP contribution in [0, 0.1) is 5.92 Å². The first kappa shape index (κ1) is 8.74. The number of hydrogen-bond donors (Lipinski definition) is 1. The molecule has 1 aliphatic carbocycles. The lowest BCUT2D eigenvalue weighted by Crippen LogP contribution is -2.35. The molecule has 1 aromatic rings. The van der Waals surface area contributed by atoms with Crippen molar-refractivity contribution in [3.8, 4) is 0 Å². The van der Waals surface area contributed by atoms with Crippen LogP contribution in [-0.2, 0) is 0 Å². The Balaban J connectivity index is 1.82. The van der Waals surface area contributed by atoms with Crippen LogP contribution in [0.25, 0.3) is 0 Å². The van der Waals surface area contributed by atoms with Crippen LogP contribution in [0.3, 0.4) is 0 Å². The number of para-hydroxylation sites is 1. The summed E-state index contributed by atoms with van der Waals surface area (Å²) in [4.78, 5) is 0. The second kappa shape index (κ2) is 3.55. The number of nitrogens with zero attached hydrogens (tertiary/aromatic N) is 1. The van der Waals surface area contributed by atoms with Crippen molar-refractivity contribution in [2.45, 2.75) is 6.04 Å². The first-order valence-electron chi connectivity index (χ1n) is 5.37. The first-order chi connectivity index (χ1) is 7.43. The molecular weight excluding hydrogens is 184 g/mol. The van der Waals surface area contributed by atoms with Gasteiger partial charge in [0.05, 0.1) is 11.7 Å². The fourth-order valence-corrected chi connectivity index (χ4v) is 2.20. The molecule has 76 valence electrons. The van der Waals surface area contributed by atoms with E-state index >= 15 is 0 Å². The number of nitrogens with one attached hydrogen (secondary N) is 1. The van der Waals surface area contributed by atoms with Crippen molar-refractivity contribution in [1.29, 1.82) is 0 Å². The van der Waals surface area contributed by atoms with Gasteiger partial charge in [0.25, 0.3) is 0 Å². The second-order valence-corrected chi connectivity index (χ2v) is 4.03. The molecule has 2 nitrogen and oxygen atoms in total. The molecule has 0 aromatic heterocycles. The summed E-state index contributed by atoms with van der Waals surface area (Å²) < 4.78 is 0. The van der Waals surface area contributed by atoms with Crippen molar-refractivity contribution in [2.75, 3.05) is 11.6 Å². The molecule has 0 spiro atoms. The Morgan fingerprint density at radius 3 is 2.67 bits per heavy atom. The molecule has 1 fully saturated rings. The Morgan fingerprint density at radius 2 is 1.87 bits per heavy atom. The summed E-state index contributed by atoms with van der Waals surface area (Å²) in [6.45, 7) is 1.05. The van der Waals surface area contributed by atoms with Crippen LogP contribution in [0.2, 0.25) is 0 Å². The molecule has 0 amide bonds. The van der Waals surface area contributed by atoms with Gasteiger partial charge in [-0.3, -0.25) is 0 Å². The van der Waals surface area contributed by atoms with Gasteiger partial charge in [0.2, 0.25) is 0 Å². The summed E-state index contributed by atoms with van der Waals surface area (Å²) in [5.74, 6) is 0.607. The van der Waals surface area contributed by atoms with Gasteiger partial charge in [-0.25, -0.2) is 5.43 Å². The monoisotopic (exact) mass is 198 g/mol. The van der Waals surface area contributed by atoms with Crippen LogP contribution < -0.4 is 10.4 Å². The number of rotatable bonds is 1. The van der Waals surface area contributed by atoms with Crippen LogP contribution in [0.4, 0.5) is 5.69 Å². The number of anilines is 1. The number of hydrazine groups is 1. The summed E-state index contributed by atoms with van der Waals surface area (Å²) in [5.41, 5.74) is 4.75. The zero-order valence-electron chi connectivity index (χ0n) is 8.51. The second-order valence-electron chi connectivity index (χ2n) is 4.03. The van der Waals surface area contributed by atoms with E-state index in [4.69, 9.17) is 0 Å². The molecule has 15 heavy (non-hydrogen) atoms. The molecule has 3 rings (SSSR count). The molecule has 0 radical (unpaired) electrons. The molecule has 0 saturated carbocycles. The van der Waals surface area contributed by atoms with Gasteiger partial charge in [-0.05, 0) is 12.1 Å². The highest BCUT2D eigenvalue weighted by Gasteiger charge is 2.29. The summed E-state index contributed by atoms with van der Waals surface area (Å²) in [7, 11) is 0. The quantitative estimate of drug-likeness (QED) is 0.743. The van der Waals surface area contributed by atoms with Crippen LogP contribution in [-0.4, -0.2) is 12.6 Å². The van der Waals surface area contributed by atoms with Crippen molar-refractivity contribution >= 4 is 5.69 Å². The van der Waals surface area contributed by atoms with Crippen molar-refractivity contribution in [1.82, 2.24) is 5.43 Å². The maximum Gasteiger partial charge on any atom is 0.0526 e. The standard InChI is InChI=1S/C13H14N2/c1-2-7-12(8-3-1)15-10-11-6-4-5-9-13(11)14-15/h1-9,11,13-14H,10H2. The Labute approximate surface area is 89.9 Å². The smallest absolute Gasteiger partial charge is 0.0526 e. The zero-order valence-corrected chi connectivity index (χ0v) is 8.51. The van der Waals surface area contributed by atoms with Gasteiger partial charge in [0.1, 0.15) is 0 Å². The van der Waals surface area contributed by atoms with E-state index in [0.29, 0.717) is 12.0 Å². The summed E-state index contributed by atoms with van der Waals surface area (Å²) in [6.07, 6.45) is 8.76. The zero-order chi connectivity index (χ0) is 10.1. The van der Waals surface area contributed by atoms with Crippen molar-refractivity contribution in [3.63, 3.8) is 0 Å². The first-order valence-corrected chi connectivity index (χ1v) is 5.37. The number of hydrogen-bond acceptors (Lipinski definition) is 2. The number of allylic oxidation sites excluding steroid dienone is 2. The molecule has 1 aliphatic heterocycles. The normalized spacial score (nSPS) is 28.1. The predicted molar refractivity (Wildman–Crippen MR) is 62.5 cm³/mol. The van der Waals surface area contributed by atoms with Gasteiger partial charge in [-0.1, -0.05) is 42.5 Å². The minimum atomic E-state index is 0.468. The molecule has 1 heterocycles. The van der Waals surface area contributed by atoms with Gasteiger partial charge in [0.15, 0.2) is 0 Å². The minimum absolute atomic E-state index is 0.468. The topological polar surface area (TPSA) is 15.3 Å². The molecule has 1 N–H and O–H groups in total. The Hall–Kier alpha value is -1.54. The molecular formula is C13H14N2. The highest BCUT2D eigenvalue weighted by molar-refractivity contribution is 5.47. The lowest BCUT2D eigenvalue weighted by molar-refractivity contribution is 0.621. The molecule has 1 saturated heterocycles. The largest absolute Gasteiger partial charge is 0.307 e. The van der Waals surface area contributed by atoms with Crippen molar-refractivity contribution in [2.24, 2.45) is 5.92 Å². The fraction of sp³-hybridized carbons (Fsp3) is 0.231. The predicted octanol–water partition coefficient (Wildman–Crippen LogP) is 2.12. The van der Waals surface area contributed by atoms with Gasteiger partial charge < -0.3 is 5.01 Å². The van der Waals surface area contributed by atoms with Gasteiger partial charge in [0, 0.05) is 12.5 Å². The molecule has 0 bridgehead atoms. The summed E-state index contributed by atoms with van der Waals surface area (Å²) in [6, 6.07) is 10.9. The third kappa shape index (κ3) is 1.57. The van der Waals surface area contributed by atoms with Crippen molar-refractivity contribution in [3.05, 3.63) is 54.6 Å². The third-order valence-electron chi connectivity index (χ3n) is 3.02. The highest BCUT2D eigenvalue weighted by atomic mass is 15.5. The van der Waals surface area contributed by atoms with E-state index in [1.54, 1.807) is 0 Å². The van der Waals surface area contributed by atoms with Crippen molar-refractivity contribution < 1.29 is 0 Å². The van der Waals surface area contributed by atoms with Gasteiger partial charge >= 0.3 is 0 Å². The molecule has 1 aromatic carbocycles. The van der Waals surface area contributed by atoms with E-state index in [0.717, 1.165) is 6.54 Å². The maximum atomic E-state index is 3.50. The van der Waals surface area contributed by atoms with Crippen LogP contribution >= 0.6 is 0 Å². The number of benzene rings is 1. The van der Waals surface area contributed by atoms with Gasteiger partial charge in [-0.2, -0.15) is 0 Å². The molecule has 2 atom stereocenters. The lowest BCUT2D eigenvalue weighted by Gasteiger charge is -2.18. The summed E-state index contributed by atoms with van der Waals surface area (Å²) >= 11 is 0. The summed E-state index contributed by atoms with van der Waals surface area (Å²) in [5, 5.41) is 2.23. The van der Waals surface area contributed by atoms with E-state index in [2.05, 4.69) is 59.0 Å². The fourth-order valence-electron chi connectivity index (χ4n) is 2.20. The minimum Gasteiger partial charge on any atom is -0.307 e. The SMILES string of the molecule is C1=CC2CN(c3ccccc3)NC2C=C1. The maximum absolute atomic E-state index is 3.50. The number of fused-ring (bicyclic) bond motifs is 1. The molecule has 2 heteroatoms. The Morgan fingerprint density at radius 1 is 1.07 bits per heavy atom. The Kier molecular flexibility index (Phi) is 2.07. The lowest BCUT2D eigenvalue weighted by atomic mass is 9.98. The average Bonchev–Trinajstić information content (AvgIpc) is 2.74. The van der Waals surface area contributed by atoms with E-state index in [1.165, 1.54) is 5.69 Å².